The molecule has 0 aliphatic heterocycles. The molecule has 1 heteroatoms. The third-order valence-corrected chi connectivity index (χ3v) is 12.9. The van der Waals surface area contributed by atoms with Crippen molar-refractivity contribution in [2.24, 2.45) is 16.8 Å². The lowest BCUT2D eigenvalue weighted by Crippen LogP contribution is -2.38. The molecule has 3 atom stereocenters. The molecule has 9 rings (SSSR count). The van der Waals surface area contributed by atoms with E-state index < -0.39 is 0 Å². The van der Waals surface area contributed by atoms with Gasteiger partial charge in [-0.2, -0.15) is 0 Å². The molecule has 2 bridgehead atoms. The van der Waals surface area contributed by atoms with Crippen LogP contribution in [0.2, 0.25) is 0 Å². The van der Waals surface area contributed by atoms with E-state index in [1.807, 2.05) is 0 Å². The molecule has 0 N–H and O–H groups in total. The van der Waals surface area contributed by atoms with E-state index in [9.17, 15) is 0 Å². The number of fused-ring (bicyclic) bond motifs is 2. The summed E-state index contributed by atoms with van der Waals surface area (Å²) >= 11 is 0. The molecule has 3 aromatic rings. The van der Waals surface area contributed by atoms with Crippen molar-refractivity contribution >= 4 is 16.9 Å². The summed E-state index contributed by atoms with van der Waals surface area (Å²) in [4.78, 5) is 5.25. The average Bonchev–Trinajstić information content (AvgIpc) is 3.51. The molecule has 6 aliphatic carbocycles. The fraction of sp³-hybridized carbons (Fsp3) is 0.255. The lowest BCUT2D eigenvalue weighted by atomic mass is 9.56. The number of aliphatic imine (C=N–C) groups is 1. The van der Waals surface area contributed by atoms with Crippen molar-refractivity contribution < 1.29 is 0 Å². The van der Waals surface area contributed by atoms with Crippen LogP contribution in [0.15, 0.2) is 208 Å². The number of rotatable bonds is 9. The summed E-state index contributed by atoms with van der Waals surface area (Å²) in [6.07, 6.45) is 43.1. The van der Waals surface area contributed by atoms with Gasteiger partial charge >= 0.3 is 0 Å². The average molecular weight is 728 g/mol. The number of benzene rings is 3. The van der Waals surface area contributed by atoms with Crippen LogP contribution < -0.4 is 0 Å². The summed E-state index contributed by atoms with van der Waals surface area (Å²) in [7, 11) is 0. The lowest BCUT2D eigenvalue weighted by molar-refractivity contribution is 0.596. The summed E-state index contributed by atoms with van der Waals surface area (Å²) in [6, 6.07) is 31.5. The van der Waals surface area contributed by atoms with Crippen LogP contribution >= 0.6 is 0 Å². The topological polar surface area (TPSA) is 12.4 Å². The largest absolute Gasteiger partial charge is 0.285 e. The van der Waals surface area contributed by atoms with Gasteiger partial charge in [-0.3, -0.25) is 4.99 Å². The van der Waals surface area contributed by atoms with Gasteiger partial charge in [0.15, 0.2) is 0 Å². The molecular formula is C55H53N. The van der Waals surface area contributed by atoms with Crippen molar-refractivity contribution in [1.29, 1.82) is 0 Å². The van der Waals surface area contributed by atoms with Crippen LogP contribution in [0, 0.1) is 11.8 Å². The van der Waals surface area contributed by atoms with Gasteiger partial charge in [0.1, 0.15) is 0 Å². The summed E-state index contributed by atoms with van der Waals surface area (Å²) in [5, 5.41) is 0. The van der Waals surface area contributed by atoms with Gasteiger partial charge in [0, 0.05) is 17.5 Å². The van der Waals surface area contributed by atoms with Gasteiger partial charge in [-0.05, 0) is 132 Å². The Balaban J connectivity index is 0.986. The van der Waals surface area contributed by atoms with Gasteiger partial charge in [0.2, 0.25) is 0 Å². The lowest BCUT2D eigenvalue weighted by Gasteiger charge is -2.47. The van der Waals surface area contributed by atoms with Crippen molar-refractivity contribution in [3.63, 3.8) is 0 Å². The van der Waals surface area contributed by atoms with Crippen LogP contribution in [-0.4, -0.2) is 5.71 Å². The third kappa shape index (κ3) is 7.16. The highest BCUT2D eigenvalue weighted by molar-refractivity contribution is 5.98. The Morgan fingerprint density at radius 2 is 1.55 bits per heavy atom. The van der Waals surface area contributed by atoms with E-state index in [0.717, 1.165) is 64.3 Å². The fourth-order valence-electron chi connectivity index (χ4n) is 9.99. The maximum Gasteiger partial charge on any atom is 0.0643 e. The third-order valence-electron chi connectivity index (χ3n) is 12.9. The Morgan fingerprint density at radius 3 is 2.29 bits per heavy atom. The molecular weight excluding hydrogens is 675 g/mol. The fourth-order valence-corrected chi connectivity index (χ4v) is 9.99. The second kappa shape index (κ2) is 16.3. The van der Waals surface area contributed by atoms with Crippen LogP contribution in [0.3, 0.4) is 0 Å². The molecule has 0 spiro atoms. The van der Waals surface area contributed by atoms with Crippen molar-refractivity contribution in [2.45, 2.75) is 76.7 Å². The van der Waals surface area contributed by atoms with Gasteiger partial charge in [0.25, 0.3) is 0 Å². The first-order valence-corrected chi connectivity index (χ1v) is 21.0. The molecule has 0 heterocycles. The zero-order chi connectivity index (χ0) is 37.7. The van der Waals surface area contributed by atoms with Crippen molar-refractivity contribution in [3.05, 3.63) is 226 Å². The Bertz CT molecular complexity index is 2340. The van der Waals surface area contributed by atoms with Crippen molar-refractivity contribution in [1.82, 2.24) is 0 Å². The van der Waals surface area contributed by atoms with Gasteiger partial charge < -0.3 is 0 Å². The first-order chi connectivity index (χ1) is 27.7. The van der Waals surface area contributed by atoms with Crippen LogP contribution in [0.1, 0.15) is 87.0 Å². The molecule has 6 aliphatic rings. The standard InChI is InChI=1S/C55H53N/c1-40(42-18-8-3-9-19-42)36-54(56-39-41-16-6-2-7-17-41)46-32-30-44(31-33-46)43-26-28-45(29-27-43)47-34-35-53-52(38-47)48-20-14-15-25-51(37-48)55(53,49-21-10-4-11-22-49)50-23-12-5-13-24-50/h2,4-8,10-12,14-23,25-30,36-38,46,48H,3,9,13,24,31-35,39H2,1H3/b40-36+,56-54?. The summed E-state index contributed by atoms with van der Waals surface area (Å²) in [5.74, 6) is 0.721. The van der Waals surface area contributed by atoms with Gasteiger partial charge in [-0.1, -0.05) is 169 Å². The molecule has 0 saturated carbocycles. The Labute approximate surface area is 334 Å². The van der Waals surface area contributed by atoms with E-state index in [0.29, 0.717) is 5.92 Å². The maximum atomic E-state index is 5.25. The van der Waals surface area contributed by atoms with Gasteiger partial charge in [-0.25, -0.2) is 0 Å². The predicted molar refractivity (Wildman–Crippen MR) is 238 cm³/mol. The number of nitrogens with zero attached hydrogens (tertiary/aromatic N) is 1. The molecule has 0 amide bonds. The van der Waals surface area contributed by atoms with Crippen molar-refractivity contribution in [3.8, 4) is 0 Å². The van der Waals surface area contributed by atoms with Gasteiger partial charge in [0.05, 0.1) is 12.0 Å². The monoisotopic (exact) mass is 727 g/mol. The number of hydrogen-bond donors (Lipinski definition) is 0. The molecule has 0 saturated heterocycles. The second-order valence-electron chi connectivity index (χ2n) is 16.2. The molecule has 3 unspecified atom stereocenters. The molecule has 0 aromatic heterocycles. The first kappa shape index (κ1) is 36.1. The molecule has 278 valence electrons. The summed E-state index contributed by atoms with van der Waals surface area (Å²) in [6.45, 7) is 2.98. The zero-order valence-corrected chi connectivity index (χ0v) is 32.8. The minimum Gasteiger partial charge on any atom is -0.285 e. The van der Waals surface area contributed by atoms with E-state index in [4.69, 9.17) is 4.99 Å². The molecule has 0 fully saturated rings. The first-order valence-electron chi connectivity index (χ1n) is 21.0. The van der Waals surface area contributed by atoms with E-state index in [-0.39, 0.29) is 11.3 Å². The van der Waals surface area contributed by atoms with E-state index >= 15 is 0 Å². The Kier molecular flexibility index (Phi) is 10.5. The highest BCUT2D eigenvalue weighted by atomic mass is 14.7. The van der Waals surface area contributed by atoms with Gasteiger partial charge in [-0.15, -0.1) is 0 Å². The quantitative estimate of drug-likeness (QED) is 0.195. The molecule has 3 aromatic carbocycles. The molecule has 1 nitrogen and oxygen atoms in total. The van der Waals surface area contributed by atoms with Crippen LogP contribution in [0.4, 0.5) is 0 Å². The summed E-state index contributed by atoms with van der Waals surface area (Å²) in [5.41, 5.74) is 18.0. The zero-order valence-electron chi connectivity index (χ0n) is 32.8. The summed E-state index contributed by atoms with van der Waals surface area (Å²) < 4.78 is 0. The van der Waals surface area contributed by atoms with Crippen LogP contribution in [0.25, 0.3) is 11.1 Å². The second-order valence-corrected chi connectivity index (χ2v) is 16.2. The highest BCUT2D eigenvalue weighted by Crippen LogP contribution is 2.57. The Hall–Kier alpha value is -5.53. The smallest absolute Gasteiger partial charge is 0.0643 e. The van der Waals surface area contributed by atoms with E-state index in [1.54, 1.807) is 5.57 Å². The Morgan fingerprint density at radius 1 is 0.750 bits per heavy atom. The minimum absolute atomic E-state index is 0.220. The predicted octanol–water partition coefficient (Wildman–Crippen LogP) is 14.1. The van der Waals surface area contributed by atoms with Crippen molar-refractivity contribution in [2.75, 3.05) is 0 Å². The van der Waals surface area contributed by atoms with E-state index in [1.165, 1.54) is 67.0 Å². The van der Waals surface area contributed by atoms with E-state index in [2.05, 4.69) is 177 Å². The molecule has 56 heavy (non-hydrogen) atoms. The number of allylic oxidation sites excluding steroid dienone is 22. The number of hydrogen-bond acceptors (Lipinski definition) is 1. The normalized spacial score (nSPS) is 24.8. The molecule has 0 radical (unpaired) electrons. The maximum absolute atomic E-state index is 5.25. The minimum atomic E-state index is -0.220. The SMILES string of the molecule is C/C(=C\C(=NCc1ccccc1)C1CC=C(c2ccc(C3=CC4=C(CC3)C(C3=CC=CCC3)(c3ccccc3)C3=CC4C=CC=C3)cc2)CC1)C1=CCCC=C1. The highest BCUT2D eigenvalue weighted by Gasteiger charge is 2.47. The van der Waals surface area contributed by atoms with Crippen LogP contribution in [0.5, 0.6) is 0 Å². The van der Waals surface area contributed by atoms with Crippen LogP contribution in [-0.2, 0) is 12.0 Å².